The van der Waals surface area contributed by atoms with Crippen LogP contribution in [0.2, 0.25) is 0 Å². The first-order valence-corrected chi connectivity index (χ1v) is 43.2. The van der Waals surface area contributed by atoms with Gasteiger partial charge in [0.15, 0.2) is 0 Å². The van der Waals surface area contributed by atoms with Gasteiger partial charge in [-0.1, -0.05) is 316 Å². The SMILES string of the molecule is CC(C)Cc1cc(-c2ccccn2)[c-]cc1-c1ccccc1-c1cc(-c2ccccc2-c2c[c-]c(-c3[c-]cc(-c4ccccc4-c4cc(-c5ccccc5-c5c[c-]c(-c6ccccn6)cc5CC(C)C)cc(-c5ccccc5-c5c[c-]c(-c6ccccn6)cc5CC(C)C)c4)cn3)nc2)cc(-c2ccccc2-c2c[c-]c(-c3ccccn3)cc2CC(C)C)c1.[Ir+3].[Ir+3]. The first-order chi connectivity index (χ1) is 60.7. The first kappa shape index (κ1) is 86.4. The molecule has 0 spiro atoms. The summed E-state index contributed by atoms with van der Waals surface area (Å²) in [5.41, 5.74) is 40.0. The summed E-state index contributed by atoms with van der Waals surface area (Å²) in [5, 5.41) is 0. The molecular weight excluding hydrogens is 1890 g/mol. The summed E-state index contributed by atoms with van der Waals surface area (Å²) >= 11 is 0. The van der Waals surface area contributed by atoms with Crippen LogP contribution in [0.4, 0.5) is 0 Å². The molecule has 6 aromatic heterocycles. The molecule has 6 nitrogen and oxygen atoms in total. The van der Waals surface area contributed by atoms with Crippen molar-refractivity contribution in [3.05, 3.63) is 411 Å². The van der Waals surface area contributed by atoms with Gasteiger partial charge in [0, 0.05) is 24.8 Å². The maximum Gasteiger partial charge on any atom is 3.00 e. The summed E-state index contributed by atoms with van der Waals surface area (Å²) in [6.07, 6.45) is 14.9. The average molecular weight is 1980 g/mol. The minimum atomic E-state index is 0. The third kappa shape index (κ3) is 19.1. The van der Waals surface area contributed by atoms with Crippen LogP contribution in [0.3, 0.4) is 0 Å². The van der Waals surface area contributed by atoms with E-state index in [1.54, 1.807) is 0 Å². The number of hydrogen-bond donors (Lipinski definition) is 0. The van der Waals surface area contributed by atoms with Crippen LogP contribution in [0.5, 0.6) is 0 Å². The predicted octanol–water partition coefficient (Wildman–Crippen LogP) is 30.0. The molecule has 18 aromatic rings. The Balaban J connectivity index is 0.00000585. The summed E-state index contributed by atoms with van der Waals surface area (Å²) in [5.74, 6) is 1.62. The van der Waals surface area contributed by atoms with Crippen LogP contribution < -0.4 is 0 Å². The van der Waals surface area contributed by atoms with E-state index in [2.05, 4.69) is 359 Å². The fourth-order valence-corrected chi connectivity index (χ4v) is 17.6. The van der Waals surface area contributed by atoms with Crippen LogP contribution in [-0.2, 0) is 65.9 Å². The molecule has 12 aromatic carbocycles. The van der Waals surface area contributed by atoms with E-state index in [1.165, 1.54) is 22.3 Å². The second kappa shape index (κ2) is 39.4. The maximum atomic E-state index is 5.19. The maximum absolute atomic E-state index is 5.19. The van der Waals surface area contributed by atoms with E-state index in [4.69, 9.17) is 29.9 Å². The second-order valence-electron chi connectivity index (χ2n) is 34.0. The largest absolute Gasteiger partial charge is 3.00 e. The van der Waals surface area contributed by atoms with Crippen LogP contribution in [0, 0.1) is 60.1 Å². The van der Waals surface area contributed by atoms with E-state index in [-0.39, 0.29) is 40.2 Å². The average Bonchev–Trinajstić information content (AvgIpc) is 0.758. The van der Waals surface area contributed by atoms with E-state index in [9.17, 15) is 0 Å². The molecule has 0 N–H and O–H groups in total. The topological polar surface area (TPSA) is 77.3 Å². The van der Waals surface area contributed by atoms with E-state index in [0.717, 1.165) is 204 Å². The number of nitrogens with zero attached hydrogens (tertiary/aromatic N) is 6. The van der Waals surface area contributed by atoms with Crippen LogP contribution in [0.15, 0.2) is 353 Å². The number of aromatic nitrogens is 6. The summed E-state index contributed by atoms with van der Waals surface area (Å²) in [6, 6.07) is 135. The van der Waals surface area contributed by atoms with Gasteiger partial charge in [-0.05, 0) is 212 Å². The van der Waals surface area contributed by atoms with Gasteiger partial charge in [0.25, 0.3) is 0 Å². The number of pyridine rings is 6. The quantitative estimate of drug-likeness (QED) is 0.0531. The molecular formula is C118H94Ir2N6. The van der Waals surface area contributed by atoms with Gasteiger partial charge in [-0.15, -0.1) is 129 Å². The molecule has 0 saturated heterocycles. The molecule has 614 valence electrons. The normalized spacial score (nSPS) is 11.3. The van der Waals surface area contributed by atoms with Gasteiger partial charge in [-0.25, -0.2) is 12.1 Å². The van der Waals surface area contributed by atoms with Crippen molar-refractivity contribution in [3.8, 4) is 190 Å². The summed E-state index contributed by atoms with van der Waals surface area (Å²) in [6.45, 7) is 18.3. The fraction of sp³-hybridized carbons (Fsp3) is 0.136. The molecule has 0 atom stereocenters. The number of hydrogen-bond acceptors (Lipinski definition) is 6. The Hall–Kier alpha value is -13.2. The van der Waals surface area contributed by atoms with Gasteiger partial charge < -0.3 is 29.9 Å². The Kier molecular flexibility index (Phi) is 27.0. The number of benzene rings is 12. The monoisotopic (exact) mass is 1980 g/mol. The van der Waals surface area contributed by atoms with Gasteiger partial charge in [0.05, 0.1) is 0 Å². The van der Waals surface area contributed by atoms with Gasteiger partial charge >= 0.3 is 40.2 Å². The van der Waals surface area contributed by atoms with Crippen LogP contribution >= 0.6 is 0 Å². The summed E-state index contributed by atoms with van der Waals surface area (Å²) < 4.78 is 0. The Labute approximate surface area is 770 Å². The number of rotatable bonds is 25. The van der Waals surface area contributed by atoms with Crippen molar-refractivity contribution in [3.63, 3.8) is 0 Å². The molecule has 0 amide bonds. The summed E-state index contributed by atoms with van der Waals surface area (Å²) in [7, 11) is 0. The smallest absolute Gasteiger partial charge is 0.357 e. The molecule has 8 heteroatoms. The third-order valence-electron chi connectivity index (χ3n) is 23.1. The molecule has 0 unspecified atom stereocenters. The molecule has 0 saturated carbocycles. The van der Waals surface area contributed by atoms with Gasteiger partial charge in [-0.3, -0.25) is 0 Å². The van der Waals surface area contributed by atoms with Crippen molar-refractivity contribution in [2.24, 2.45) is 23.7 Å². The Morgan fingerprint density at radius 3 is 0.587 bits per heavy atom. The Morgan fingerprint density at radius 2 is 0.397 bits per heavy atom. The molecule has 0 radical (unpaired) electrons. The molecule has 0 aliphatic rings. The summed E-state index contributed by atoms with van der Waals surface area (Å²) in [4.78, 5) is 29.4. The van der Waals surface area contributed by atoms with Crippen LogP contribution in [0.25, 0.3) is 190 Å². The van der Waals surface area contributed by atoms with Crippen molar-refractivity contribution in [2.75, 3.05) is 0 Å². The van der Waals surface area contributed by atoms with Gasteiger partial charge in [-0.2, -0.15) is 12.1 Å². The molecule has 0 aliphatic heterocycles. The van der Waals surface area contributed by atoms with E-state index in [1.807, 2.05) is 85.7 Å². The van der Waals surface area contributed by atoms with E-state index in [0.29, 0.717) is 35.1 Å². The zero-order valence-corrected chi connectivity index (χ0v) is 76.8. The first-order valence-electron chi connectivity index (χ1n) is 43.2. The van der Waals surface area contributed by atoms with Crippen LogP contribution in [0.1, 0.15) is 77.6 Å². The predicted molar refractivity (Wildman–Crippen MR) is 513 cm³/mol. The minimum Gasteiger partial charge on any atom is -0.357 e. The van der Waals surface area contributed by atoms with Crippen molar-refractivity contribution in [2.45, 2.75) is 81.1 Å². The molecule has 0 aliphatic carbocycles. The standard InChI is InChI=1S/C118H94N6.2Ir/c1-77(2)61-87-65-81(113-41-21-25-57-119-113)45-51-105(87)109-37-17-13-33-101(109)93-69-91(70-94(73-93)102-34-14-18-38-110(102)106-52-46-82(66-88(106)62-78(3)4)114-42-22-26-58-120-114)99-31-11-9-29-97(99)85-49-55-117(123-75-85)118-56-50-86(76-124-118)98-30-10-12-32-100(98)92-71-95(103-35-15-19-39-111(103)107-53-47-83(67-89(107)63-79(5)6)115-43-23-27-59-121-115)74-96(72-92)104-36-16-20-40-112(104)108-54-48-84(68-90(108)64-80(7)8)116-44-24-28-60-122-116;;/h9-44,49-54,57-60,65-80H,61-64H2,1-8H3;;/q-6;2*+3. The second-order valence-corrected chi connectivity index (χ2v) is 34.0. The van der Waals surface area contributed by atoms with Crippen LogP contribution in [-0.4, -0.2) is 29.9 Å². The molecule has 126 heavy (non-hydrogen) atoms. The third-order valence-corrected chi connectivity index (χ3v) is 23.1. The van der Waals surface area contributed by atoms with Crippen molar-refractivity contribution < 1.29 is 40.2 Å². The molecule has 0 fully saturated rings. The molecule has 0 bridgehead atoms. The fourth-order valence-electron chi connectivity index (χ4n) is 17.6. The zero-order valence-electron chi connectivity index (χ0n) is 72.0. The van der Waals surface area contributed by atoms with Gasteiger partial charge in [0.2, 0.25) is 0 Å². The Morgan fingerprint density at radius 1 is 0.198 bits per heavy atom. The molecule has 18 rings (SSSR count). The zero-order chi connectivity index (χ0) is 84.6. The minimum absolute atomic E-state index is 0. The van der Waals surface area contributed by atoms with E-state index < -0.39 is 0 Å². The van der Waals surface area contributed by atoms with E-state index >= 15 is 0 Å². The van der Waals surface area contributed by atoms with Crippen molar-refractivity contribution >= 4 is 0 Å². The van der Waals surface area contributed by atoms with Crippen molar-refractivity contribution in [1.29, 1.82) is 0 Å². The molecule has 6 heterocycles. The van der Waals surface area contributed by atoms with Crippen molar-refractivity contribution in [1.82, 2.24) is 29.9 Å². The Bertz CT molecular complexity index is 6110. The van der Waals surface area contributed by atoms with Gasteiger partial charge in [0.1, 0.15) is 0 Å².